The molecule has 100 valence electrons. The largest absolute Gasteiger partial charge is 0.390 e. The molecule has 5 heteroatoms. The first kappa shape index (κ1) is 12.2. The minimum Gasteiger partial charge on any atom is -0.390 e. The van der Waals surface area contributed by atoms with E-state index in [9.17, 15) is 14.7 Å². The lowest BCUT2D eigenvalue weighted by Crippen LogP contribution is -2.36. The molecule has 0 saturated carbocycles. The van der Waals surface area contributed by atoms with E-state index < -0.39 is 17.9 Å². The molecule has 3 N–H and O–H groups in total. The van der Waals surface area contributed by atoms with Gasteiger partial charge in [0.05, 0.1) is 18.1 Å². The number of primary amides is 1. The Morgan fingerprint density at radius 2 is 2.05 bits per heavy atom. The van der Waals surface area contributed by atoms with E-state index in [0.717, 1.165) is 11.1 Å². The van der Waals surface area contributed by atoms with Gasteiger partial charge in [0.25, 0.3) is 0 Å². The number of rotatable bonds is 2. The van der Waals surface area contributed by atoms with Crippen LogP contribution in [-0.4, -0.2) is 34.5 Å². The van der Waals surface area contributed by atoms with Crippen molar-refractivity contribution in [3.63, 3.8) is 0 Å². The summed E-state index contributed by atoms with van der Waals surface area (Å²) in [5.41, 5.74) is 7.31. The van der Waals surface area contributed by atoms with Gasteiger partial charge < -0.3 is 15.7 Å². The molecule has 0 aromatic heterocycles. The average molecular weight is 260 g/mol. The van der Waals surface area contributed by atoms with E-state index in [4.69, 9.17) is 5.73 Å². The van der Waals surface area contributed by atoms with Crippen LogP contribution in [0.5, 0.6) is 0 Å². The molecule has 5 nitrogen and oxygen atoms in total. The number of likely N-dealkylation sites (tertiary alicyclic amines) is 1. The first-order valence-corrected chi connectivity index (χ1v) is 6.42. The molecule has 0 spiro atoms. The van der Waals surface area contributed by atoms with Crippen molar-refractivity contribution in [1.29, 1.82) is 0 Å². The molecule has 2 amide bonds. The van der Waals surface area contributed by atoms with E-state index in [1.54, 1.807) is 4.90 Å². The Hall–Kier alpha value is -1.88. The lowest BCUT2D eigenvalue weighted by Gasteiger charge is -2.27. The molecule has 3 rings (SSSR count). The van der Waals surface area contributed by atoms with Crippen LogP contribution in [0.2, 0.25) is 0 Å². The highest BCUT2D eigenvalue weighted by Crippen LogP contribution is 2.38. The smallest absolute Gasteiger partial charge is 0.224 e. The number of fused-ring (bicyclic) bond motifs is 1. The quantitative estimate of drug-likeness (QED) is 0.783. The van der Waals surface area contributed by atoms with Crippen molar-refractivity contribution < 1.29 is 14.7 Å². The fourth-order valence-electron chi connectivity index (χ4n) is 3.12. The van der Waals surface area contributed by atoms with Gasteiger partial charge in [-0.25, -0.2) is 0 Å². The van der Waals surface area contributed by atoms with Gasteiger partial charge in [0.15, 0.2) is 0 Å². The lowest BCUT2D eigenvalue weighted by molar-refractivity contribution is -0.132. The number of benzene rings is 1. The van der Waals surface area contributed by atoms with E-state index in [0.29, 0.717) is 13.0 Å². The zero-order valence-electron chi connectivity index (χ0n) is 10.5. The summed E-state index contributed by atoms with van der Waals surface area (Å²) in [7, 11) is 0. The van der Waals surface area contributed by atoms with Gasteiger partial charge in [-0.05, 0) is 11.1 Å². The van der Waals surface area contributed by atoms with Crippen LogP contribution >= 0.6 is 0 Å². The summed E-state index contributed by atoms with van der Waals surface area (Å²) in [4.78, 5) is 24.9. The van der Waals surface area contributed by atoms with Gasteiger partial charge in [-0.15, -0.1) is 0 Å². The number of carbonyl (C=O) groups excluding carboxylic acids is 2. The molecule has 3 unspecified atom stereocenters. The lowest BCUT2D eigenvalue weighted by atomic mass is 10.1. The Labute approximate surface area is 111 Å². The highest BCUT2D eigenvalue weighted by molar-refractivity contribution is 5.88. The van der Waals surface area contributed by atoms with Gasteiger partial charge in [-0.1, -0.05) is 24.3 Å². The van der Waals surface area contributed by atoms with Crippen molar-refractivity contribution in [1.82, 2.24) is 4.90 Å². The number of hydrogen-bond donors (Lipinski definition) is 2. The van der Waals surface area contributed by atoms with Crippen LogP contribution in [0.3, 0.4) is 0 Å². The van der Waals surface area contributed by atoms with E-state index in [-0.39, 0.29) is 18.4 Å². The topological polar surface area (TPSA) is 83.6 Å². The van der Waals surface area contributed by atoms with Gasteiger partial charge in [0, 0.05) is 19.4 Å². The number of nitrogens with two attached hydrogens (primary N) is 1. The molecule has 1 saturated heterocycles. The molecule has 19 heavy (non-hydrogen) atoms. The van der Waals surface area contributed by atoms with Crippen molar-refractivity contribution in [3.05, 3.63) is 35.4 Å². The van der Waals surface area contributed by atoms with Crippen LogP contribution in [0.4, 0.5) is 0 Å². The summed E-state index contributed by atoms with van der Waals surface area (Å²) in [5.74, 6) is -0.992. The van der Waals surface area contributed by atoms with Crippen LogP contribution in [0, 0.1) is 5.92 Å². The van der Waals surface area contributed by atoms with Crippen molar-refractivity contribution in [2.75, 3.05) is 6.54 Å². The average Bonchev–Trinajstić information content (AvgIpc) is 2.88. The molecule has 1 heterocycles. The van der Waals surface area contributed by atoms with Gasteiger partial charge in [0.2, 0.25) is 11.8 Å². The minimum absolute atomic E-state index is 0.107. The van der Waals surface area contributed by atoms with E-state index in [1.165, 1.54) is 0 Å². The van der Waals surface area contributed by atoms with Crippen LogP contribution in [-0.2, 0) is 16.0 Å². The first-order chi connectivity index (χ1) is 9.08. The number of carbonyl (C=O) groups is 2. The van der Waals surface area contributed by atoms with E-state index in [1.807, 2.05) is 24.3 Å². The molecule has 2 aliphatic rings. The van der Waals surface area contributed by atoms with Crippen molar-refractivity contribution in [3.8, 4) is 0 Å². The Morgan fingerprint density at radius 1 is 1.32 bits per heavy atom. The third kappa shape index (κ3) is 1.90. The Bertz CT molecular complexity index is 543. The third-order valence-electron chi connectivity index (χ3n) is 4.06. The second-order valence-corrected chi connectivity index (χ2v) is 5.26. The molecule has 3 atom stereocenters. The van der Waals surface area contributed by atoms with Crippen LogP contribution < -0.4 is 5.73 Å². The minimum atomic E-state index is -0.604. The Morgan fingerprint density at radius 3 is 2.74 bits per heavy atom. The fourth-order valence-corrected chi connectivity index (χ4v) is 3.12. The SMILES string of the molecule is NC(=O)C1CC(=O)N(C2c3ccccc3CC2O)C1. The third-order valence-corrected chi connectivity index (χ3v) is 4.06. The predicted molar refractivity (Wildman–Crippen MR) is 67.9 cm³/mol. The van der Waals surface area contributed by atoms with Crippen molar-refractivity contribution >= 4 is 11.8 Å². The summed E-state index contributed by atoms with van der Waals surface area (Å²) in [5, 5.41) is 10.2. The summed E-state index contributed by atoms with van der Waals surface area (Å²) in [6, 6.07) is 7.38. The number of hydrogen-bond acceptors (Lipinski definition) is 3. The second-order valence-electron chi connectivity index (χ2n) is 5.26. The molecule has 1 aromatic carbocycles. The van der Waals surface area contributed by atoms with Gasteiger partial charge in [0.1, 0.15) is 0 Å². The fraction of sp³-hybridized carbons (Fsp3) is 0.429. The monoisotopic (exact) mass is 260 g/mol. The Balaban J connectivity index is 1.91. The highest BCUT2D eigenvalue weighted by atomic mass is 16.3. The first-order valence-electron chi connectivity index (χ1n) is 6.42. The van der Waals surface area contributed by atoms with E-state index >= 15 is 0 Å². The zero-order valence-corrected chi connectivity index (χ0v) is 10.5. The zero-order chi connectivity index (χ0) is 13.6. The summed E-state index contributed by atoms with van der Waals surface area (Å²) in [6.45, 7) is 0.310. The van der Waals surface area contributed by atoms with Crippen molar-refractivity contribution in [2.45, 2.75) is 25.0 Å². The summed E-state index contributed by atoms with van der Waals surface area (Å²) >= 11 is 0. The molecule has 1 aromatic rings. The molecule has 0 radical (unpaired) electrons. The second kappa shape index (κ2) is 4.35. The highest BCUT2D eigenvalue weighted by Gasteiger charge is 2.43. The van der Waals surface area contributed by atoms with Crippen LogP contribution in [0.15, 0.2) is 24.3 Å². The number of aliphatic hydroxyl groups excluding tert-OH is 1. The molecular weight excluding hydrogens is 244 g/mol. The van der Waals surface area contributed by atoms with Crippen LogP contribution in [0.25, 0.3) is 0 Å². The predicted octanol–water partition coefficient (Wildman–Crippen LogP) is -0.0215. The van der Waals surface area contributed by atoms with Gasteiger partial charge in [-0.3, -0.25) is 9.59 Å². The van der Waals surface area contributed by atoms with Crippen molar-refractivity contribution in [2.24, 2.45) is 11.7 Å². The standard InChI is InChI=1S/C14H16N2O3/c15-14(19)9-6-12(18)16(7-9)13-10-4-2-1-3-8(10)5-11(13)17/h1-4,9,11,13,17H,5-7H2,(H2,15,19). The summed E-state index contributed by atoms with van der Waals surface area (Å²) in [6.07, 6.45) is 0.0972. The summed E-state index contributed by atoms with van der Waals surface area (Å²) < 4.78 is 0. The van der Waals surface area contributed by atoms with Gasteiger partial charge in [-0.2, -0.15) is 0 Å². The van der Waals surface area contributed by atoms with Gasteiger partial charge >= 0.3 is 0 Å². The maximum atomic E-state index is 12.0. The maximum Gasteiger partial charge on any atom is 0.224 e. The van der Waals surface area contributed by atoms with Crippen LogP contribution in [0.1, 0.15) is 23.6 Å². The number of amides is 2. The van der Waals surface area contributed by atoms with E-state index in [2.05, 4.69) is 0 Å². The number of nitrogens with zero attached hydrogens (tertiary/aromatic N) is 1. The normalized spacial score (nSPS) is 29.6. The molecule has 1 fully saturated rings. The molecular formula is C14H16N2O3. The Kier molecular flexibility index (Phi) is 2.78. The molecule has 1 aliphatic heterocycles. The number of aliphatic hydroxyl groups is 1. The molecule has 1 aliphatic carbocycles. The maximum absolute atomic E-state index is 12.0. The molecule has 0 bridgehead atoms.